The Morgan fingerprint density at radius 3 is 2.43 bits per heavy atom. The topological polar surface area (TPSA) is 35.0 Å². The zero-order chi connectivity index (χ0) is 20.3. The van der Waals surface area contributed by atoms with Crippen molar-refractivity contribution >= 4 is 11.8 Å². The maximum absolute atomic E-state index is 14.0. The van der Waals surface area contributed by atoms with Crippen molar-refractivity contribution in [3.8, 4) is 11.6 Å². The van der Waals surface area contributed by atoms with Gasteiger partial charge in [0.1, 0.15) is 5.82 Å². The maximum Gasteiger partial charge on any atom is 0.223 e. The highest BCUT2D eigenvalue weighted by molar-refractivity contribution is 7.98. The zero-order valence-corrected chi connectivity index (χ0v) is 17.1. The molecular formula is C22H22F2N2OS. The molecule has 0 spiro atoms. The molecule has 0 radical (unpaired) electrons. The van der Waals surface area contributed by atoms with Crippen molar-refractivity contribution in [3.05, 3.63) is 77.0 Å². The highest BCUT2D eigenvalue weighted by Crippen LogP contribution is 2.31. The van der Waals surface area contributed by atoms with Crippen molar-refractivity contribution in [2.24, 2.45) is 0 Å². The number of nitrogens with zero attached hydrogens (tertiary/aromatic N) is 2. The Labute approximate surface area is 168 Å². The lowest BCUT2D eigenvalue weighted by molar-refractivity contribution is 0.414. The van der Waals surface area contributed by atoms with E-state index >= 15 is 0 Å². The minimum Gasteiger partial charge on any atom is -0.436 e. The second-order valence-corrected chi connectivity index (χ2v) is 8.46. The number of aromatic nitrogens is 2. The first-order valence-corrected chi connectivity index (χ1v) is 9.91. The smallest absolute Gasteiger partial charge is 0.223 e. The van der Waals surface area contributed by atoms with Crippen LogP contribution in [0.15, 0.2) is 53.7 Å². The highest BCUT2D eigenvalue weighted by Gasteiger charge is 2.20. The molecule has 0 aliphatic rings. The van der Waals surface area contributed by atoms with Crippen LogP contribution in [-0.4, -0.2) is 9.97 Å². The fourth-order valence-electron chi connectivity index (χ4n) is 2.49. The fourth-order valence-corrected chi connectivity index (χ4v) is 3.42. The molecule has 0 fully saturated rings. The van der Waals surface area contributed by atoms with E-state index in [9.17, 15) is 8.78 Å². The van der Waals surface area contributed by atoms with E-state index in [1.165, 1.54) is 29.0 Å². The van der Waals surface area contributed by atoms with Gasteiger partial charge in [-0.25, -0.2) is 13.8 Å². The van der Waals surface area contributed by atoms with E-state index in [-0.39, 0.29) is 17.0 Å². The summed E-state index contributed by atoms with van der Waals surface area (Å²) < 4.78 is 32.7. The summed E-state index contributed by atoms with van der Waals surface area (Å²) in [5.74, 6) is -0.556. The standard InChI is InChI=1S/C22H22F2N2OS/c1-14-7-5-6-8-15(14)13-28-21-25-19(22(2,3)4)12-20(26-21)27-18-10-9-16(23)11-17(18)24/h5-12H,13H2,1-4H3. The van der Waals surface area contributed by atoms with Crippen LogP contribution in [0.4, 0.5) is 8.78 Å². The predicted octanol–water partition coefficient (Wildman–Crippen LogP) is 6.45. The van der Waals surface area contributed by atoms with Gasteiger partial charge in [0.2, 0.25) is 5.88 Å². The monoisotopic (exact) mass is 400 g/mol. The zero-order valence-electron chi connectivity index (χ0n) is 16.3. The predicted molar refractivity (Wildman–Crippen MR) is 108 cm³/mol. The summed E-state index contributed by atoms with van der Waals surface area (Å²) in [4.78, 5) is 9.07. The van der Waals surface area contributed by atoms with Crippen LogP contribution >= 0.6 is 11.8 Å². The van der Waals surface area contributed by atoms with Gasteiger partial charge >= 0.3 is 0 Å². The van der Waals surface area contributed by atoms with Crippen LogP contribution in [0.1, 0.15) is 37.6 Å². The molecule has 2 aromatic carbocycles. The Balaban J connectivity index is 1.89. The Morgan fingerprint density at radius 1 is 1.00 bits per heavy atom. The second kappa shape index (κ2) is 8.27. The maximum atomic E-state index is 14.0. The normalized spacial score (nSPS) is 11.5. The summed E-state index contributed by atoms with van der Waals surface area (Å²) in [5, 5.41) is 0.549. The van der Waals surface area contributed by atoms with E-state index in [0.29, 0.717) is 10.9 Å². The third kappa shape index (κ3) is 5.07. The van der Waals surface area contributed by atoms with Gasteiger partial charge in [-0.2, -0.15) is 4.98 Å². The van der Waals surface area contributed by atoms with E-state index in [2.05, 4.69) is 29.0 Å². The molecule has 146 valence electrons. The molecule has 0 N–H and O–H groups in total. The molecule has 3 rings (SSSR count). The summed E-state index contributed by atoms with van der Waals surface area (Å²) in [5.41, 5.74) is 2.95. The van der Waals surface area contributed by atoms with Gasteiger partial charge in [0.25, 0.3) is 0 Å². The molecule has 3 aromatic rings. The summed E-state index contributed by atoms with van der Waals surface area (Å²) in [7, 11) is 0. The van der Waals surface area contributed by atoms with Gasteiger partial charge in [-0.3, -0.25) is 0 Å². The van der Waals surface area contributed by atoms with Gasteiger partial charge in [0.15, 0.2) is 16.7 Å². The molecule has 6 heteroatoms. The van der Waals surface area contributed by atoms with Crippen LogP contribution in [0.5, 0.6) is 11.6 Å². The molecule has 3 nitrogen and oxygen atoms in total. The number of rotatable bonds is 5. The lowest BCUT2D eigenvalue weighted by atomic mass is 9.92. The number of aryl methyl sites for hydroxylation is 1. The van der Waals surface area contributed by atoms with Crippen LogP contribution in [0.2, 0.25) is 0 Å². The van der Waals surface area contributed by atoms with E-state index in [0.717, 1.165) is 17.8 Å². The fraction of sp³-hybridized carbons (Fsp3) is 0.273. The minimum absolute atomic E-state index is 0.0742. The molecular weight excluding hydrogens is 378 g/mol. The first-order chi connectivity index (χ1) is 13.2. The van der Waals surface area contributed by atoms with Crippen molar-refractivity contribution in [1.82, 2.24) is 9.97 Å². The molecule has 0 aliphatic heterocycles. The van der Waals surface area contributed by atoms with Crippen LogP contribution in [-0.2, 0) is 11.2 Å². The number of hydrogen-bond acceptors (Lipinski definition) is 4. The third-order valence-electron chi connectivity index (χ3n) is 4.18. The van der Waals surface area contributed by atoms with Gasteiger partial charge in [0.05, 0.1) is 5.69 Å². The van der Waals surface area contributed by atoms with E-state index in [4.69, 9.17) is 4.74 Å². The summed E-state index contributed by atoms with van der Waals surface area (Å²) in [6.45, 7) is 8.17. The first kappa shape index (κ1) is 20.3. The molecule has 0 amide bonds. The van der Waals surface area contributed by atoms with Crippen molar-refractivity contribution in [3.63, 3.8) is 0 Å². The third-order valence-corrected chi connectivity index (χ3v) is 5.07. The molecule has 1 aromatic heterocycles. The molecule has 0 atom stereocenters. The number of ether oxygens (including phenoxy) is 1. The van der Waals surface area contributed by atoms with Gasteiger partial charge in [-0.1, -0.05) is 56.8 Å². The van der Waals surface area contributed by atoms with Crippen LogP contribution < -0.4 is 4.74 Å². The van der Waals surface area contributed by atoms with Gasteiger partial charge in [-0.05, 0) is 30.2 Å². The summed E-state index contributed by atoms with van der Waals surface area (Å²) in [6, 6.07) is 13.0. The minimum atomic E-state index is -0.773. The number of hydrogen-bond donors (Lipinski definition) is 0. The van der Waals surface area contributed by atoms with E-state index < -0.39 is 11.6 Å². The lowest BCUT2D eigenvalue weighted by Gasteiger charge is -2.19. The summed E-state index contributed by atoms with van der Waals surface area (Å²) in [6.07, 6.45) is 0. The molecule has 28 heavy (non-hydrogen) atoms. The van der Waals surface area contributed by atoms with Crippen molar-refractivity contribution in [2.75, 3.05) is 0 Å². The quantitative estimate of drug-likeness (QED) is 0.364. The number of halogens is 2. The Morgan fingerprint density at radius 2 is 1.75 bits per heavy atom. The SMILES string of the molecule is Cc1ccccc1CSc1nc(Oc2ccc(F)cc2F)cc(C(C)(C)C)n1. The Bertz CT molecular complexity index is 987. The second-order valence-electron chi connectivity index (χ2n) is 7.52. The van der Waals surface area contributed by atoms with Gasteiger partial charge in [0, 0.05) is 23.3 Å². The molecule has 0 bridgehead atoms. The van der Waals surface area contributed by atoms with Crippen molar-refractivity contribution < 1.29 is 13.5 Å². The molecule has 0 saturated heterocycles. The highest BCUT2D eigenvalue weighted by atomic mass is 32.2. The molecule has 0 aliphatic carbocycles. The number of benzene rings is 2. The lowest BCUT2D eigenvalue weighted by Crippen LogP contribution is -2.14. The molecule has 0 saturated carbocycles. The Hall–Kier alpha value is -2.47. The number of thioether (sulfide) groups is 1. The van der Waals surface area contributed by atoms with Gasteiger partial charge in [-0.15, -0.1) is 0 Å². The van der Waals surface area contributed by atoms with Crippen molar-refractivity contribution in [2.45, 2.75) is 44.0 Å². The average molecular weight is 400 g/mol. The van der Waals surface area contributed by atoms with E-state index in [1.54, 1.807) is 6.07 Å². The largest absolute Gasteiger partial charge is 0.436 e. The average Bonchev–Trinajstić information content (AvgIpc) is 2.62. The van der Waals surface area contributed by atoms with Crippen LogP contribution in [0.3, 0.4) is 0 Å². The molecule has 0 unspecified atom stereocenters. The first-order valence-electron chi connectivity index (χ1n) is 8.92. The van der Waals surface area contributed by atoms with Crippen molar-refractivity contribution in [1.29, 1.82) is 0 Å². The Kier molecular flexibility index (Phi) is 5.98. The summed E-state index contributed by atoms with van der Waals surface area (Å²) >= 11 is 1.49. The van der Waals surface area contributed by atoms with Gasteiger partial charge < -0.3 is 4.74 Å². The molecule has 1 heterocycles. The van der Waals surface area contributed by atoms with E-state index in [1.807, 2.05) is 32.9 Å². The van der Waals surface area contributed by atoms with Crippen LogP contribution in [0.25, 0.3) is 0 Å². The van der Waals surface area contributed by atoms with Crippen LogP contribution in [0, 0.1) is 18.6 Å².